The Morgan fingerprint density at radius 2 is 2.31 bits per heavy atom. The molecule has 0 aromatic carbocycles. The number of rotatable bonds is 4. The number of hydrogen-bond donors (Lipinski definition) is 2. The first-order chi connectivity index (χ1) is 7.83. The molecule has 0 aromatic heterocycles. The topological polar surface area (TPSA) is 32.3 Å². The van der Waals surface area contributed by atoms with Crippen LogP contribution in [0.1, 0.15) is 51.9 Å². The number of unbranched alkanes of at least 4 members (excludes halogenated alkanes) is 2. The van der Waals surface area contributed by atoms with Gasteiger partial charge in [-0.15, -0.1) is 0 Å². The third-order valence-corrected chi connectivity index (χ3v) is 4.16. The zero-order valence-corrected chi connectivity index (χ0v) is 10.4. The molecule has 1 aliphatic heterocycles. The van der Waals surface area contributed by atoms with Crippen molar-refractivity contribution < 1.29 is 5.11 Å². The average Bonchev–Trinajstić information content (AvgIpc) is 2.30. The quantitative estimate of drug-likeness (QED) is 0.718. The van der Waals surface area contributed by atoms with Crippen LogP contribution in [0, 0.1) is 11.8 Å². The fraction of sp³-hybridized carbons (Fsp3) is 0.857. The number of aliphatic hydroxyl groups is 1. The van der Waals surface area contributed by atoms with Crippen LogP contribution in [0.2, 0.25) is 0 Å². The standard InChI is InChI=1S/C14H25NO/c1-2-3-4-6-11-9-15-10-12-7-5-8-13(16)14(11)12/h10-11,13-16H,2-9H2,1H3. The minimum Gasteiger partial charge on any atom is -0.392 e. The van der Waals surface area contributed by atoms with Crippen LogP contribution < -0.4 is 5.32 Å². The van der Waals surface area contributed by atoms with E-state index in [2.05, 4.69) is 18.4 Å². The minimum atomic E-state index is -0.0753. The maximum atomic E-state index is 10.2. The van der Waals surface area contributed by atoms with Gasteiger partial charge in [0, 0.05) is 12.5 Å². The lowest BCUT2D eigenvalue weighted by Gasteiger charge is -2.39. The lowest BCUT2D eigenvalue weighted by Crippen LogP contribution is -2.41. The van der Waals surface area contributed by atoms with E-state index in [1.807, 2.05) is 0 Å². The maximum absolute atomic E-state index is 10.2. The zero-order valence-electron chi connectivity index (χ0n) is 10.4. The summed E-state index contributed by atoms with van der Waals surface area (Å²) < 4.78 is 0. The van der Waals surface area contributed by atoms with Gasteiger partial charge in [-0.1, -0.05) is 26.2 Å². The van der Waals surface area contributed by atoms with Crippen molar-refractivity contribution in [2.45, 2.75) is 58.0 Å². The van der Waals surface area contributed by atoms with Gasteiger partial charge in [0.25, 0.3) is 0 Å². The van der Waals surface area contributed by atoms with Gasteiger partial charge < -0.3 is 10.4 Å². The summed E-state index contributed by atoms with van der Waals surface area (Å²) in [5.74, 6) is 1.13. The number of nitrogens with one attached hydrogen (secondary N) is 1. The molecule has 2 nitrogen and oxygen atoms in total. The van der Waals surface area contributed by atoms with Gasteiger partial charge in [0.2, 0.25) is 0 Å². The predicted octanol–water partition coefficient (Wildman–Crippen LogP) is 2.83. The Morgan fingerprint density at radius 1 is 1.44 bits per heavy atom. The molecule has 2 heteroatoms. The molecule has 2 aliphatic rings. The van der Waals surface area contributed by atoms with Crippen LogP contribution in [0.4, 0.5) is 0 Å². The summed E-state index contributed by atoms with van der Waals surface area (Å²) in [5.41, 5.74) is 1.48. The third-order valence-electron chi connectivity index (χ3n) is 4.16. The molecule has 0 radical (unpaired) electrons. The molecule has 0 saturated heterocycles. The van der Waals surface area contributed by atoms with Crippen molar-refractivity contribution in [3.8, 4) is 0 Å². The zero-order chi connectivity index (χ0) is 11.4. The van der Waals surface area contributed by atoms with E-state index in [0.717, 1.165) is 19.4 Å². The summed E-state index contributed by atoms with van der Waals surface area (Å²) in [5, 5.41) is 13.6. The Kier molecular flexibility index (Phi) is 4.28. The second kappa shape index (κ2) is 5.72. The lowest BCUT2D eigenvalue weighted by molar-refractivity contribution is 0.0592. The first-order valence-corrected chi connectivity index (χ1v) is 6.93. The SMILES string of the molecule is CCCCCC1CNC=C2CCCC(O)C21. The highest BCUT2D eigenvalue weighted by Gasteiger charge is 2.35. The summed E-state index contributed by atoms with van der Waals surface area (Å²) in [6, 6.07) is 0. The molecule has 92 valence electrons. The Bertz CT molecular complexity index is 249. The highest BCUT2D eigenvalue weighted by atomic mass is 16.3. The van der Waals surface area contributed by atoms with E-state index in [1.165, 1.54) is 37.7 Å². The van der Waals surface area contributed by atoms with Gasteiger partial charge in [-0.2, -0.15) is 0 Å². The lowest BCUT2D eigenvalue weighted by atomic mass is 9.71. The van der Waals surface area contributed by atoms with Gasteiger partial charge in [0.15, 0.2) is 0 Å². The predicted molar refractivity (Wildman–Crippen MR) is 67.1 cm³/mol. The molecule has 0 spiro atoms. The van der Waals surface area contributed by atoms with Crippen molar-refractivity contribution in [1.29, 1.82) is 0 Å². The summed E-state index contributed by atoms with van der Waals surface area (Å²) >= 11 is 0. The summed E-state index contributed by atoms with van der Waals surface area (Å²) in [6.07, 6.45) is 10.7. The van der Waals surface area contributed by atoms with E-state index < -0.39 is 0 Å². The normalized spacial score (nSPS) is 33.9. The molecule has 1 aliphatic carbocycles. The van der Waals surface area contributed by atoms with Crippen molar-refractivity contribution >= 4 is 0 Å². The van der Waals surface area contributed by atoms with E-state index in [-0.39, 0.29) is 6.10 Å². The van der Waals surface area contributed by atoms with Crippen LogP contribution in [-0.4, -0.2) is 17.8 Å². The molecule has 3 atom stereocenters. The van der Waals surface area contributed by atoms with Crippen LogP contribution in [0.5, 0.6) is 0 Å². The second-order valence-corrected chi connectivity index (χ2v) is 5.37. The van der Waals surface area contributed by atoms with Crippen LogP contribution in [0.25, 0.3) is 0 Å². The number of fused-ring (bicyclic) bond motifs is 1. The smallest absolute Gasteiger partial charge is 0.0609 e. The van der Waals surface area contributed by atoms with Crippen LogP contribution in [0.3, 0.4) is 0 Å². The van der Waals surface area contributed by atoms with Gasteiger partial charge in [-0.3, -0.25) is 0 Å². The largest absolute Gasteiger partial charge is 0.392 e. The monoisotopic (exact) mass is 223 g/mol. The van der Waals surface area contributed by atoms with Crippen molar-refractivity contribution in [1.82, 2.24) is 5.32 Å². The molecular weight excluding hydrogens is 198 g/mol. The first kappa shape index (κ1) is 12.0. The van der Waals surface area contributed by atoms with Crippen LogP contribution in [0.15, 0.2) is 11.8 Å². The molecule has 1 fully saturated rings. The Labute approximate surface area is 99.1 Å². The molecular formula is C14H25NO. The summed E-state index contributed by atoms with van der Waals surface area (Å²) in [7, 11) is 0. The van der Waals surface area contributed by atoms with Crippen molar-refractivity contribution in [3.05, 3.63) is 11.8 Å². The minimum absolute atomic E-state index is 0.0753. The van der Waals surface area contributed by atoms with Crippen molar-refractivity contribution in [3.63, 3.8) is 0 Å². The Balaban J connectivity index is 1.95. The second-order valence-electron chi connectivity index (χ2n) is 5.37. The summed E-state index contributed by atoms with van der Waals surface area (Å²) in [4.78, 5) is 0. The van der Waals surface area contributed by atoms with Crippen LogP contribution in [-0.2, 0) is 0 Å². The molecule has 1 heterocycles. The summed E-state index contributed by atoms with van der Waals surface area (Å²) in [6.45, 7) is 3.31. The van der Waals surface area contributed by atoms with E-state index in [1.54, 1.807) is 0 Å². The first-order valence-electron chi connectivity index (χ1n) is 6.93. The Morgan fingerprint density at radius 3 is 3.12 bits per heavy atom. The van der Waals surface area contributed by atoms with Gasteiger partial charge in [0.05, 0.1) is 6.10 Å². The van der Waals surface area contributed by atoms with Crippen molar-refractivity contribution in [2.75, 3.05) is 6.54 Å². The van der Waals surface area contributed by atoms with E-state index >= 15 is 0 Å². The van der Waals surface area contributed by atoms with E-state index in [0.29, 0.717) is 11.8 Å². The molecule has 16 heavy (non-hydrogen) atoms. The fourth-order valence-electron chi connectivity index (χ4n) is 3.30. The molecule has 0 amide bonds. The van der Waals surface area contributed by atoms with Gasteiger partial charge in [0.1, 0.15) is 0 Å². The van der Waals surface area contributed by atoms with E-state index in [4.69, 9.17) is 0 Å². The van der Waals surface area contributed by atoms with Gasteiger partial charge in [-0.05, 0) is 43.4 Å². The van der Waals surface area contributed by atoms with Crippen molar-refractivity contribution in [2.24, 2.45) is 11.8 Å². The molecule has 2 N–H and O–H groups in total. The third kappa shape index (κ3) is 2.60. The average molecular weight is 223 g/mol. The number of aliphatic hydroxyl groups excluding tert-OH is 1. The van der Waals surface area contributed by atoms with Gasteiger partial charge in [-0.25, -0.2) is 0 Å². The van der Waals surface area contributed by atoms with Crippen LogP contribution >= 0.6 is 0 Å². The number of hydrogen-bond acceptors (Lipinski definition) is 2. The van der Waals surface area contributed by atoms with Gasteiger partial charge >= 0.3 is 0 Å². The molecule has 0 aromatic rings. The fourth-order valence-corrected chi connectivity index (χ4v) is 3.30. The highest BCUT2D eigenvalue weighted by molar-refractivity contribution is 5.15. The molecule has 2 rings (SSSR count). The molecule has 3 unspecified atom stereocenters. The highest BCUT2D eigenvalue weighted by Crippen LogP contribution is 2.38. The molecule has 0 bridgehead atoms. The maximum Gasteiger partial charge on any atom is 0.0609 e. The molecule has 1 saturated carbocycles. The Hall–Kier alpha value is -0.500. The van der Waals surface area contributed by atoms with E-state index in [9.17, 15) is 5.11 Å².